The number of benzene rings is 1. The smallest absolute Gasteiger partial charge is 0.270 e. The SMILES string of the molecule is COc1ccc(C(=O)N[C@@H](C)c2cc(Nc3ccc(Cl)cc3)nc(N3CCSCC3)n2)nc1. The van der Waals surface area contributed by atoms with Crippen molar-refractivity contribution >= 4 is 46.7 Å². The van der Waals surface area contributed by atoms with Crippen LogP contribution in [0.15, 0.2) is 48.7 Å². The van der Waals surface area contributed by atoms with E-state index in [0.29, 0.717) is 33.9 Å². The molecule has 1 fully saturated rings. The number of aromatic nitrogens is 3. The Morgan fingerprint density at radius 1 is 1.15 bits per heavy atom. The summed E-state index contributed by atoms with van der Waals surface area (Å²) in [5.74, 6) is 3.67. The van der Waals surface area contributed by atoms with Crippen molar-refractivity contribution < 1.29 is 9.53 Å². The van der Waals surface area contributed by atoms with Crippen molar-refractivity contribution in [2.45, 2.75) is 13.0 Å². The standard InChI is InChI=1S/C23H25ClN6O2S/c1-15(26-22(31)19-8-7-18(32-2)14-25-19)20-13-21(27-17-5-3-16(24)4-6-17)29-23(28-20)30-9-11-33-12-10-30/h3-8,13-15H,9-12H2,1-2H3,(H,26,31)(H,27,28,29)/t15-/m0/s1. The maximum absolute atomic E-state index is 12.7. The number of carbonyl (C=O) groups excluding carboxylic acids is 1. The fourth-order valence-electron chi connectivity index (χ4n) is 3.30. The summed E-state index contributed by atoms with van der Waals surface area (Å²) >= 11 is 7.93. The van der Waals surface area contributed by atoms with Gasteiger partial charge in [-0.1, -0.05) is 11.6 Å². The molecule has 1 aromatic carbocycles. The topological polar surface area (TPSA) is 92.3 Å². The average molecular weight is 485 g/mol. The second kappa shape index (κ2) is 10.7. The lowest BCUT2D eigenvalue weighted by molar-refractivity contribution is 0.0934. The summed E-state index contributed by atoms with van der Waals surface area (Å²) in [6.07, 6.45) is 1.52. The zero-order valence-corrected chi connectivity index (χ0v) is 20.0. The number of hydrogen-bond donors (Lipinski definition) is 2. The van der Waals surface area contributed by atoms with E-state index in [1.165, 1.54) is 6.20 Å². The number of hydrogen-bond acceptors (Lipinski definition) is 8. The van der Waals surface area contributed by atoms with E-state index in [2.05, 4.69) is 20.5 Å². The van der Waals surface area contributed by atoms with Gasteiger partial charge < -0.3 is 20.3 Å². The summed E-state index contributed by atoms with van der Waals surface area (Å²) in [5.41, 5.74) is 1.88. The zero-order valence-electron chi connectivity index (χ0n) is 18.4. The van der Waals surface area contributed by atoms with E-state index < -0.39 is 0 Å². The van der Waals surface area contributed by atoms with Gasteiger partial charge in [-0.3, -0.25) is 4.79 Å². The summed E-state index contributed by atoms with van der Waals surface area (Å²) in [6, 6.07) is 12.3. The molecule has 3 aromatic rings. The van der Waals surface area contributed by atoms with E-state index in [-0.39, 0.29) is 11.9 Å². The predicted octanol–water partition coefficient (Wildman–Crippen LogP) is 4.32. The minimum Gasteiger partial charge on any atom is -0.495 e. The van der Waals surface area contributed by atoms with Crippen LogP contribution in [0.1, 0.15) is 29.1 Å². The van der Waals surface area contributed by atoms with Crippen molar-refractivity contribution in [3.63, 3.8) is 0 Å². The molecule has 172 valence electrons. The first-order valence-corrected chi connectivity index (χ1v) is 12.1. The van der Waals surface area contributed by atoms with Gasteiger partial charge in [-0.25, -0.2) is 9.97 Å². The lowest BCUT2D eigenvalue weighted by Crippen LogP contribution is -2.34. The van der Waals surface area contributed by atoms with Crippen molar-refractivity contribution in [1.29, 1.82) is 0 Å². The molecule has 2 N–H and O–H groups in total. The number of rotatable bonds is 7. The van der Waals surface area contributed by atoms with Crippen LogP contribution in [0.25, 0.3) is 0 Å². The van der Waals surface area contributed by atoms with E-state index in [1.54, 1.807) is 19.2 Å². The Kier molecular flexibility index (Phi) is 7.51. The molecule has 1 aliphatic heterocycles. The number of methoxy groups -OCH3 is 1. The third-order valence-corrected chi connectivity index (χ3v) is 6.34. The number of thioether (sulfide) groups is 1. The first kappa shape index (κ1) is 23.1. The normalized spacial score (nSPS) is 14.5. The number of pyridine rings is 1. The molecular formula is C23H25ClN6O2S. The molecule has 1 amide bonds. The van der Waals surface area contributed by atoms with E-state index >= 15 is 0 Å². The molecule has 2 aromatic heterocycles. The van der Waals surface area contributed by atoms with Gasteiger partial charge in [-0.05, 0) is 43.3 Å². The van der Waals surface area contributed by atoms with Crippen LogP contribution in [0.5, 0.6) is 5.75 Å². The molecular weight excluding hydrogens is 460 g/mol. The van der Waals surface area contributed by atoms with Gasteiger partial charge in [0, 0.05) is 41.4 Å². The molecule has 33 heavy (non-hydrogen) atoms. The molecule has 10 heteroatoms. The minimum absolute atomic E-state index is 0.285. The number of halogens is 1. The quantitative estimate of drug-likeness (QED) is 0.512. The van der Waals surface area contributed by atoms with Gasteiger partial charge in [0.05, 0.1) is 25.0 Å². The van der Waals surface area contributed by atoms with E-state index in [0.717, 1.165) is 30.3 Å². The summed E-state index contributed by atoms with van der Waals surface area (Å²) < 4.78 is 5.11. The van der Waals surface area contributed by atoms with Crippen molar-refractivity contribution in [3.8, 4) is 5.75 Å². The van der Waals surface area contributed by atoms with Gasteiger partial charge in [-0.15, -0.1) is 0 Å². The van der Waals surface area contributed by atoms with Gasteiger partial charge in [0.2, 0.25) is 5.95 Å². The number of nitrogens with one attached hydrogen (secondary N) is 2. The maximum Gasteiger partial charge on any atom is 0.270 e. The summed E-state index contributed by atoms with van der Waals surface area (Å²) in [4.78, 5) is 28.6. The Bertz CT molecular complexity index is 1090. The summed E-state index contributed by atoms with van der Waals surface area (Å²) in [5, 5.41) is 6.97. The lowest BCUT2D eigenvalue weighted by Gasteiger charge is -2.27. The molecule has 0 spiro atoms. The highest BCUT2D eigenvalue weighted by molar-refractivity contribution is 7.99. The number of nitrogens with zero attached hydrogens (tertiary/aromatic N) is 4. The van der Waals surface area contributed by atoms with Crippen molar-refractivity contribution in [1.82, 2.24) is 20.3 Å². The first-order chi connectivity index (χ1) is 16.0. The fourth-order valence-corrected chi connectivity index (χ4v) is 4.33. The third-order valence-electron chi connectivity index (χ3n) is 5.14. The van der Waals surface area contributed by atoms with Crippen molar-refractivity contribution in [2.24, 2.45) is 0 Å². The molecule has 0 bridgehead atoms. The van der Waals surface area contributed by atoms with Crippen LogP contribution >= 0.6 is 23.4 Å². The number of anilines is 3. The highest BCUT2D eigenvalue weighted by Crippen LogP contribution is 2.24. The second-order valence-corrected chi connectivity index (χ2v) is 9.15. The Morgan fingerprint density at radius 3 is 2.58 bits per heavy atom. The summed E-state index contributed by atoms with van der Waals surface area (Å²) in [6.45, 7) is 3.65. The maximum atomic E-state index is 12.7. The highest BCUT2D eigenvalue weighted by atomic mass is 35.5. The Balaban J connectivity index is 1.57. The van der Waals surface area contributed by atoms with Gasteiger partial charge in [-0.2, -0.15) is 16.7 Å². The molecule has 3 heterocycles. The molecule has 8 nitrogen and oxygen atoms in total. The highest BCUT2D eigenvalue weighted by Gasteiger charge is 2.20. The predicted molar refractivity (Wildman–Crippen MR) is 133 cm³/mol. The van der Waals surface area contributed by atoms with Crippen LogP contribution < -0.4 is 20.3 Å². The monoisotopic (exact) mass is 484 g/mol. The lowest BCUT2D eigenvalue weighted by atomic mass is 10.2. The third kappa shape index (κ3) is 6.06. The van der Waals surface area contributed by atoms with Crippen LogP contribution in [-0.4, -0.2) is 52.6 Å². The molecule has 1 aliphatic rings. The number of ether oxygens (including phenoxy) is 1. The Labute approximate surface area is 202 Å². The van der Waals surface area contributed by atoms with Crippen LogP contribution in [0.2, 0.25) is 5.02 Å². The molecule has 4 rings (SSSR count). The molecule has 0 unspecified atom stereocenters. The van der Waals surface area contributed by atoms with E-state index in [9.17, 15) is 4.79 Å². The summed E-state index contributed by atoms with van der Waals surface area (Å²) in [7, 11) is 1.56. The van der Waals surface area contributed by atoms with Crippen LogP contribution in [0.4, 0.5) is 17.5 Å². The van der Waals surface area contributed by atoms with Gasteiger partial charge in [0.25, 0.3) is 5.91 Å². The van der Waals surface area contributed by atoms with Gasteiger partial charge in [0.15, 0.2) is 0 Å². The first-order valence-electron chi connectivity index (χ1n) is 10.6. The van der Waals surface area contributed by atoms with Crippen LogP contribution in [0, 0.1) is 0 Å². The molecule has 1 atom stereocenters. The van der Waals surface area contributed by atoms with Crippen LogP contribution in [0.3, 0.4) is 0 Å². The minimum atomic E-state index is -0.354. The average Bonchev–Trinajstić information content (AvgIpc) is 2.86. The van der Waals surface area contributed by atoms with Crippen molar-refractivity contribution in [3.05, 3.63) is 65.1 Å². The van der Waals surface area contributed by atoms with Crippen molar-refractivity contribution in [2.75, 3.05) is 41.9 Å². The van der Waals surface area contributed by atoms with Gasteiger partial charge in [0.1, 0.15) is 17.3 Å². The largest absolute Gasteiger partial charge is 0.495 e. The molecule has 1 saturated heterocycles. The zero-order chi connectivity index (χ0) is 23.2. The number of amides is 1. The van der Waals surface area contributed by atoms with Gasteiger partial charge >= 0.3 is 0 Å². The molecule has 0 radical (unpaired) electrons. The molecule has 0 aliphatic carbocycles. The Hall–Kier alpha value is -3.04. The second-order valence-electron chi connectivity index (χ2n) is 7.49. The van der Waals surface area contributed by atoms with E-state index in [1.807, 2.05) is 49.0 Å². The fraction of sp³-hybridized carbons (Fsp3) is 0.304. The van der Waals surface area contributed by atoms with E-state index in [4.69, 9.17) is 26.3 Å². The number of carbonyl (C=O) groups is 1. The Morgan fingerprint density at radius 2 is 1.91 bits per heavy atom. The van der Waals surface area contributed by atoms with Crippen LogP contribution in [-0.2, 0) is 0 Å². The molecule has 0 saturated carbocycles.